The maximum atomic E-state index is 12.5. The minimum atomic E-state index is -0.148. The molecule has 1 N–H and O–H groups in total. The Kier molecular flexibility index (Phi) is 4.69. The molecule has 2 unspecified atom stereocenters. The fourth-order valence-electron chi connectivity index (χ4n) is 3.45. The topological polar surface area (TPSA) is 49.4 Å². The van der Waals surface area contributed by atoms with E-state index in [1.54, 1.807) is 0 Å². The number of hydrogen-bond donors (Lipinski definition) is 1. The number of hydrogen-bond acceptors (Lipinski definition) is 2. The number of amides is 2. The zero-order chi connectivity index (χ0) is 16.4. The predicted molar refractivity (Wildman–Crippen MR) is 91.2 cm³/mol. The van der Waals surface area contributed by atoms with E-state index in [0.29, 0.717) is 12.3 Å². The Morgan fingerprint density at radius 2 is 1.78 bits per heavy atom. The second-order valence-corrected chi connectivity index (χ2v) is 7.07. The summed E-state index contributed by atoms with van der Waals surface area (Å²) in [5, 5.41) is 3.03. The molecule has 124 valence electrons. The van der Waals surface area contributed by atoms with Crippen LogP contribution in [-0.4, -0.2) is 29.8 Å². The third-order valence-electron chi connectivity index (χ3n) is 4.95. The van der Waals surface area contributed by atoms with Gasteiger partial charge in [0.25, 0.3) is 0 Å². The molecule has 2 amide bonds. The van der Waals surface area contributed by atoms with Gasteiger partial charge in [0.15, 0.2) is 0 Å². The van der Waals surface area contributed by atoms with Gasteiger partial charge in [0.05, 0.1) is 11.8 Å². The summed E-state index contributed by atoms with van der Waals surface area (Å²) < 4.78 is 0. The van der Waals surface area contributed by atoms with E-state index in [1.165, 1.54) is 6.42 Å². The van der Waals surface area contributed by atoms with Crippen LogP contribution in [0.1, 0.15) is 51.0 Å². The first-order valence-electron chi connectivity index (χ1n) is 8.76. The molecule has 1 saturated carbocycles. The summed E-state index contributed by atoms with van der Waals surface area (Å²) in [4.78, 5) is 26.9. The number of nitrogens with one attached hydrogen (secondary N) is 1. The lowest BCUT2D eigenvalue weighted by molar-refractivity contribution is -0.134. The van der Waals surface area contributed by atoms with Gasteiger partial charge in [-0.1, -0.05) is 32.0 Å². The first-order chi connectivity index (χ1) is 11.1. The smallest absolute Gasteiger partial charge is 0.228 e. The molecule has 4 heteroatoms. The zero-order valence-corrected chi connectivity index (χ0v) is 14.0. The normalized spacial score (nSPS) is 23.7. The summed E-state index contributed by atoms with van der Waals surface area (Å²) in [5.74, 6) is 0.288. The highest BCUT2D eigenvalue weighted by Crippen LogP contribution is 2.41. The summed E-state index contributed by atoms with van der Waals surface area (Å²) in [6.07, 6.45) is 4.10. The van der Waals surface area contributed by atoms with Gasteiger partial charge in [-0.3, -0.25) is 9.59 Å². The molecule has 4 nitrogen and oxygen atoms in total. The van der Waals surface area contributed by atoms with E-state index in [4.69, 9.17) is 0 Å². The Balaban J connectivity index is 1.59. The van der Waals surface area contributed by atoms with Crippen LogP contribution in [0.5, 0.6) is 0 Å². The van der Waals surface area contributed by atoms with Crippen molar-refractivity contribution in [2.45, 2.75) is 45.4 Å². The monoisotopic (exact) mass is 314 g/mol. The predicted octanol–water partition coefficient (Wildman–Crippen LogP) is 3.40. The van der Waals surface area contributed by atoms with Crippen LogP contribution in [0, 0.1) is 11.8 Å². The Morgan fingerprint density at radius 3 is 2.48 bits per heavy atom. The minimum Gasteiger partial charge on any atom is -0.342 e. The van der Waals surface area contributed by atoms with Crippen molar-refractivity contribution < 1.29 is 9.59 Å². The largest absolute Gasteiger partial charge is 0.342 e. The van der Waals surface area contributed by atoms with Crippen molar-refractivity contribution in [3.63, 3.8) is 0 Å². The number of piperidine rings is 1. The molecule has 0 aromatic heterocycles. The van der Waals surface area contributed by atoms with Crippen LogP contribution in [0.4, 0.5) is 5.69 Å². The van der Waals surface area contributed by atoms with Crippen molar-refractivity contribution in [3.05, 3.63) is 29.8 Å². The number of likely N-dealkylation sites (tertiary alicyclic amines) is 1. The van der Waals surface area contributed by atoms with Crippen LogP contribution in [0.2, 0.25) is 0 Å². The molecule has 2 aliphatic rings. The molecule has 3 rings (SSSR count). The lowest BCUT2D eigenvalue weighted by Gasteiger charge is -2.26. The quantitative estimate of drug-likeness (QED) is 0.926. The second kappa shape index (κ2) is 6.73. The van der Waals surface area contributed by atoms with E-state index in [0.717, 1.165) is 37.2 Å². The third-order valence-corrected chi connectivity index (χ3v) is 4.95. The van der Waals surface area contributed by atoms with Crippen molar-refractivity contribution in [2.75, 3.05) is 18.4 Å². The van der Waals surface area contributed by atoms with Gasteiger partial charge in [-0.25, -0.2) is 0 Å². The Morgan fingerprint density at radius 1 is 1.09 bits per heavy atom. The molecule has 0 radical (unpaired) electrons. The van der Waals surface area contributed by atoms with Crippen LogP contribution in [0.25, 0.3) is 0 Å². The summed E-state index contributed by atoms with van der Waals surface area (Å²) in [7, 11) is 0. The fraction of sp³-hybridized carbons (Fsp3) is 0.579. The van der Waals surface area contributed by atoms with Crippen molar-refractivity contribution in [3.8, 4) is 0 Å². The molecule has 1 saturated heterocycles. The Hall–Kier alpha value is -1.84. The number of rotatable bonds is 4. The number of carbonyl (C=O) groups is 2. The maximum absolute atomic E-state index is 12.5. The molecule has 0 spiro atoms. The van der Waals surface area contributed by atoms with Crippen molar-refractivity contribution in [2.24, 2.45) is 11.8 Å². The van der Waals surface area contributed by atoms with E-state index in [-0.39, 0.29) is 23.7 Å². The van der Waals surface area contributed by atoms with Crippen LogP contribution < -0.4 is 5.32 Å². The highest BCUT2D eigenvalue weighted by molar-refractivity contribution is 6.00. The van der Waals surface area contributed by atoms with Crippen molar-refractivity contribution in [1.82, 2.24) is 4.90 Å². The standard InChI is InChI=1S/C19H26N2O2/c1-13(2)14-8-4-5-9-17(14)20-18(22)15-12-16(15)19(23)21-10-6-3-7-11-21/h4-5,8-9,13,15-16H,3,6-7,10-12H2,1-2H3,(H,20,22). The van der Waals surface area contributed by atoms with Crippen LogP contribution in [0.15, 0.2) is 24.3 Å². The van der Waals surface area contributed by atoms with Crippen molar-refractivity contribution in [1.29, 1.82) is 0 Å². The molecule has 1 aliphatic carbocycles. The number of carbonyl (C=O) groups excluding carboxylic acids is 2. The van der Waals surface area contributed by atoms with Crippen LogP contribution in [-0.2, 0) is 9.59 Å². The molecule has 1 aromatic rings. The highest BCUT2D eigenvalue weighted by atomic mass is 16.2. The summed E-state index contributed by atoms with van der Waals surface area (Å²) >= 11 is 0. The van der Waals surface area contributed by atoms with E-state index >= 15 is 0 Å². The average molecular weight is 314 g/mol. The molecule has 23 heavy (non-hydrogen) atoms. The second-order valence-electron chi connectivity index (χ2n) is 7.07. The summed E-state index contributed by atoms with van der Waals surface area (Å²) in [6.45, 7) is 5.95. The van der Waals surface area contributed by atoms with Crippen LogP contribution in [0.3, 0.4) is 0 Å². The molecule has 2 atom stereocenters. The lowest BCUT2D eigenvalue weighted by atomic mass is 10.0. The van der Waals surface area contributed by atoms with Gasteiger partial charge in [-0.05, 0) is 43.2 Å². The molecule has 2 fully saturated rings. The molecular weight excluding hydrogens is 288 g/mol. The van der Waals surface area contributed by atoms with Crippen LogP contribution >= 0.6 is 0 Å². The fourth-order valence-corrected chi connectivity index (χ4v) is 3.45. The molecule has 1 aliphatic heterocycles. The van der Waals surface area contributed by atoms with Gasteiger partial charge in [0.2, 0.25) is 11.8 Å². The van der Waals surface area contributed by atoms with E-state index in [9.17, 15) is 9.59 Å². The van der Waals surface area contributed by atoms with Gasteiger partial charge in [0.1, 0.15) is 0 Å². The highest BCUT2D eigenvalue weighted by Gasteiger charge is 2.49. The number of para-hydroxylation sites is 1. The first-order valence-corrected chi connectivity index (χ1v) is 8.76. The minimum absolute atomic E-state index is 0.00606. The molecular formula is C19H26N2O2. The zero-order valence-electron chi connectivity index (χ0n) is 14.0. The average Bonchev–Trinajstić information content (AvgIpc) is 3.36. The number of benzene rings is 1. The molecule has 1 aromatic carbocycles. The third kappa shape index (κ3) is 3.57. The van der Waals surface area contributed by atoms with E-state index in [1.807, 2.05) is 29.2 Å². The lowest BCUT2D eigenvalue weighted by Crippen LogP contribution is -2.37. The van der Waals surface area contributed by atoms with Gasteiger partial charge in [-0.2, -0.15) is 0 Å². The Labute approximate surface area is 138 Å². The van der Waals surface area contributed by atoms with E-state index in [2.05, 4.69) is 19.2 Å². The van der Waals surface area contributed by atoms with Crippen molar-refractivity contribution >= 4 is 17.5 Å². The maximum Gasteiger partial charge on any atom is 0.228 e. The molecule has 1 heterocycles. The van der Waals surface area contributed by atoms with Gasteiger partial charge in [0, 0.05) is 18.8 Å². The van der Waals surface area contributed by atoms with Gasteiger partial charge in [-0.15, -0.1) is 0 Å². The molecule has 0 bridgehead atoms. The van der Waals surface area contributed by atoms with E-state index < -0.39 is 0 Å². The summed E-state index contributed by atoms with van der Waals surface area (Å²) in [6, 6.07) is 7.91. The number of anilines is 1. The SMILES string of the molecule is CC(C)c1ccccc1NC(=O)C1CC1C(=O)N1CCCCC1. The Bertz CT molecular complexity index is 591. The number of nitrogens with zero attached hydrogens (tertiary/aromatic N) is 1. The first kappa shape index (κ1) is 16.0. The van der Waals surface area contributed by atoms with Gasteiger partial charge >= 0.3 is 0 Å². The summed E-state index contributed by atoms with van der Waals surface area (Å²) in [5.41, 5.74) is 2.02. The van der Waals surface area contributed by atoms with Gasteiger partial charge < -0.3 is 10.2 Å².